The zero-order valence-electron chi connectivity index (χ0n) is 8.97. The average Bonchev–Trinajstić information content (AvgIpc) is 2.34. The number of benzene rings is 1. The number of ether oxygens (including phenoxy) is 1. The molecule has 2 nitrogen and oxygen atoms in total. The van der Waals surface area contributed by atoms with Crippen molar-refractivity contribution in [3.05, 3.63) is 48.6 Å². The van der Waals surface area contributed by atoms with Crippen molar-refractivity contribution in [1.82, 2.24) is 0 Å². The van der Waals surface area contributed by atoms with Gasteiger partial charge in [-0.25, -0.2) is 4.39 Å². The Hall–Kier alpha value is -1.66. The predicted molar refractivity (Wildman–Crippen MR) is 60.0 cm³/mol. The van der Waals surface area contributed by atoms with Gasteiger partial charge in [-0.1, -0.05) is 36.4 Å². The van der Waals surface area contributed by atoms with Crippen LogP contribution in [0.5, 0.6) is 0 Å². The molecule has 1 aromatic carbocycles. The summed E-state index contributed by atoms with van der Waals surface area (Å²) in [5.74, 6) is -0.777. The van der Waals surface area contributed by atoms with Gasteiger partial charge in [0.2, 0.25) is 6.36 Å². The van der Waals surface area contributed by atoms with Crippen molar-refractivity contribution in [2.45, 2.75) is 19.4 Å². The number of allylic oxidation sites excluding steroid dienone is 1. The van der Waals surface area contributed by atoms with Crippen LogP contribution in [0.3, 0.4) is 0 Å². The van der Waals surface area contributed by atoms with Gasteiger partial charge in [0.05, 0.1) is 12.7 Å². The van der Waals surface area contributed by atoms with Gasteiger partial charge in [-0.2, -0.15) is 5.26 Å². The molecule has 16 heavy (non-hydrogen) atoms. The molecule has 0 aliphatic carbocycles. The van der Waals surface area contributed by atoms with Crippen LogP contribution in [0.25, 0.3) is 0 Å². The van der Waals surface area contributed by atoms with Crippen molar-refractivity contribution in [1.29, 1.82) is 5.26 Å². The Balaban J connectivity index is 2.43. The number of nitrogens with zero attached hydrogens (tertiary/aromatic N) is 1. The van der Waals surface area contributed by atoms with E-state index in [4.69, 9.17) is 10.00 Å². The molecule has 0 bridgehead atoms. The van der Waals surface area contributed by atoms with Gasteiger partial charge < -0.3 is 4.74 Å². The van der Waals surface area contributed by atoms with E-state index < -0.39 is 12.3 Å². The fourth-order valence-corrected chi connectivity index (χ4v) is 1.26. The maximum absolute atomic E-state index is 13.4. The minimum Gasteiger partial charge on any atom is -0.342 e. The van der Waals surface area contributed by atoms with Crippen LogP contribution in [0.15, 0.2) is 43.0 Å². The molecule has 0 aromatic heterocycles. The van der Waals surface area contributed by atoms with Gasteiger partial charge in [-0.15, -0.1) is 6.58 Å². The highest BCUT2D eigenvalue weighted by atomic mass is 19.1. The van der Waals surface area contributed by atoms with Gasteiger partial charge >= 0.3 is 0 Å². The van der Waals surface area contributed by atoms with E-state index in [0.29, 0.717) is 6.42 Å². The summed E-state index contributed by atoms with van der Waals surface area (Å²) in [6.45, 7) is 3.65. The Morgan fingerprint density at radius 1 is 1.44 bits per heavy atom. The molecule has 0 heterocycles. The summed E-state index contributed by atoms with van der Waals surface area (Å²) < 4.78 is 18.4. The van der Waals surface area contributed by atoms with E-state index in [0.717, 1.165) is 5.56 Å². The molecule has 3 heteroatoms. The molecular weight excluding hydrogens is 205 g/mol. The average molecular weight is 219 g/mol. The highest BCUT2D eigenvalue weighted by Crippen LogP contribution is 2.15. The van der Waals surface area contributed by atoms with Crippen LogP contribution in [0.1, 0.15) is 12.0 Å². The molecule has 0 spiro atoms. The van der Waals surface area contributed by atoms with E-state index in [1.807, 2.05) is 36.4 Å². The summed E-state index contributed by atoms with van der Waals surface area (Å²) in [7, 11) is 0. The summed E-state index contributed by atoms with van der Waals surface area (Å²) >= 11 is 0. The first-order valence-corrected chi connectivity index (χ1v) is 5.08. The quantitative estimate of drug-likeness (QED) is 0.688. The third-order valence-corrected chi connectivity index (χ3v) is 2.15. The Morgan fingerprint density at radius 3 is 2.69 bits per heavy atom. The second kappa shape index (κ2) is 6.76. The van der Waals surface area contributed by atoms with E-state index in [9.17, 15) is 4.39 Å². The molecule has 0 amide bonds. The maximum atomic E-state index is 13.4. The molecule has 0 fully saturated rings. The van der Waals surface area contributed by atoms with Gasteiger partial charge in [-0.3, -0.25) is 0 Å². The second-order valence-electron chi connectivity index (χ2n) is 3.41. The molecule has 0 aliphatic rings. The van der Waals surface area contributed by atoms with Crippen LogP contribution in [0, 0.1) is 17.2 Å². The molecular formula is C13H14FNO. The standard InChI is InChI=1S/C13H14FNO/c1-2-6-12(9-15)13(14)16-10-11-7-4-3-5-8-11/h2-5,7-8,12-13H,1,6,10H2. The summed E-state index contributed by atoms with van der Waals surface area (Å²) in [6, 6.07) is 11.2. The zero-order valence-corrected chi connectivity index (χ0v) is 8.97. The third kappa shape index (κ3) is 3.84. The van der Waals surface area contributed by atoms with Crippen molar-refractivity contribution < 1.29 is 9.13 Å². The van der Waals surface area contributed by atoms with Crippen molar-refractivity contribution in [3.8, 4) is 6.07 Å². The lowest BCUT2D eigenvalue weighted by Gasteiger charge is -2.13. The van der Waals surface area contributed by atoms with Crippen molar-refractivity contribution in [2.24, 2.45) is 5.92 Å². The van der Waals surface area contributed by atoms with Gasteiger partial charge in [0.1, 0.15) is 5.92 Å². The SMILES string of the molecule is C=CCC(C#N)C(F)OCc1ccccc1. The maximum Gasteiger partial charge on any atom is 0.215 e. The van der Waals surface area contributed by atoms with Gasteiger partial charge in [-0.05, 0) is 12.0 Å². The monoisotopic (exact) mass is 219 g/mol. The Kier molecular flexibility index (Phi) is 5.24. The molecule has 2 unspecified atom stereocenters. The molecule has 0 aliphatic heterocycles. The van der Waals surface area contributed by atoms with Crippen LogP contribution >= 0.6 is 0 Å². The lowest BCUT2D eigenvalue weighted by Crippen LogP contribution is -2.17. The van der Waals surface area contributed by atoms with Gasteiger partial charge in [0.15, 0.2) is 0 Å². The van der Waals surface area contributed by atoms with Crippen LogP contribution in [0.4, 0.5) is 4.39 Å². The number of rotatable bonds is 6. The highest BCUT2D eigenvalue weighted by molar-refractivity contribution is 5.13. The fourth-order valence-electron chi connectivity index (χ4n) is 1.26. The van der Waals surface area contributed by atoms with Crippen LogP contribution < -0.4 is 0 Å². The molecule has 1 rings (SSSR count). The predicted octanol–water partition coefficient (Wildman–Crippen LogP) is 3.21. The molecule has 0 saturated heterocycles. The van der Waals surface area contributed by atoms with E-state index in [1.54, 1.807) is 0 Å². The number of hydrogen-bond acceptors (Lipinski definition) is 2. The van der Waals surface area contributed by atoms with Crippen molar-refractivity contribution >= 4 is 0 Å². The normalized spacial score (nSPS) is 13.8. The van der Waals surface area contributed by atoms with E-state index in [2.05, 4.69) is 6.58 Å². The van der Waals surface area contributed by atoms with Crippen molar-refractivity contribution in [3.63, 3.8) is 0 Å². The van der Waals surface area contributed by atoms with Gasteiger partial charge in [0.25, 0.3) is 0 Å². The summed E-state index contributed by atoms with van der Waals surface area (Å²) in [5, 5.41) is 8.71. The van der Waals surface area contributed by atoms with Crippen molar-refractivity contribution in [2.75, 3.05) is 0 Å². The zero-order chi connectivity index (χ0) is 11.8. The third-order valence-electron chi connectivity index (χ3n) is 2.15. The van der Waals surface area contributed by atoms with Crippen LogP contribution in [-0.4, -0.2) is 6.36 Å². The Morgan fingerprint density at radius 2 is 2.12 bits per heavy atom. The van der Waals surface area contributed by atoms with Crippen LogP contribution in [-0.2, 0) is 11.3 Å². The first-order valence-electron chi connectivity index (χ1n) is 5.08. The summed E-state index contributed by atoms with van der Waals surface area (Å²) in [5.41, 5.74) is 0.889. The lowest BCUT2D eigenvalue weighted by molar-refractivity contribution is -0.0721. The highest BCUT2D eigenvalue weighted by Gasteiger charge is 2.19. The fraction of sp³-hybridized carbons (Fsp3) is 0.308. The number of halogens is 1. The van der Waals surface area contributed by atoms with E-state index >= 15 is 0 Å². The van der Waals surface area contributed by atoms with Crippen LogP contribution in [0.2, 0.25) is 0 Å². The molecule has 0 N–H and O–H groups in total. The largest absolute Gasteiger partial charge is 0.342 e. The van der Waals surface area contributed by atoms with E-state index in [-0.39, 0.29) is 6.61 Å². The molecule has 2 atom stereocenters. The smallest absolute Gasteiger partial charge is 0.215 e. The number of hydrogen-bond donors (Lipinski definition) is 0. The molecule has 1 aromatic rings. The first-order chi connectivity index (χ1) is 7.77. The summed E-state index contributed by atoms with van der Waals surface area (Å²) in [4.78, 5) is 0. The minimum atomic E-state index is -1.57. The molecule has 0 saturated carbocycles. The lowest BCUT2D eigenvalue weighted by atomic mass is 10.1. The number of alkyl halides is 1. The second-order valence-corrected chi connectivity index (χ2v) is 3.41. The van der Waals surface area contributed by atoms with E-state index in [1.165, 1.54) is 6.08 Å². The topological polar surface area (TPSA) is 33.0 Å². The minimum absolute atomic E-state index is 0.178. The number of nitriles is 1. The van der Waals surface area contributed by atoms with Gasteiger partial charge in [0, 0.05) is 0 Å². The Bertz CT molecular complexity index is 358. The first kappa shape index (κ1) is 12.4. The molecule has 84 valence electrons. The Labute approximate surface area is 95.0 Å². The summed E-state index contributed by atoms with van der Waals surface area (Å²) in [6.07, 6.45) is 0.252. The molecule has 0 radical (unpaired) electrons.